The van der Waals surface area contributed by atoms with Gasteiger partial charge in [0.1, 0.15) is 92.6 Å². The summed E-state index contributed by atoms with van der Waals surface area (Å²) in [5, 5.41) is 102. The Kier molecular flexibility index (Phi) is 62.3. The third-order valence-electron chi connectivity index (χ3n) is 22.2. The lowest BCUT2D eigenvalue weighted by Gasteiger charge is -2.50. The number of hydrogen-bond donors (Lipinski definition) is 10. The molecule has 0 aromatic rings. The van der Waals surface area contributed by atoms with Crippen molar-refractivity contribution in [1.82, 2.24) is 0 Å². The first-order valence-corrected chi connectivity index (χ1v) is 47.1. The molecule has 2 aliphatic heterocycles. The van der Waals surface area contributed by atoms with Crippen molar-refractivity contribution >= 4 is 31.7 Å². The minimum atomic E-state index is -5.81. The van der Waals surface area contributed by atoms with Gasteiger partial charge in [0.15, 0.2) is 24.8 Å². The predicted molar refractivity (Wildman–Crippen MR) is 439 cm³/mol. The number of aliphatic hydroxyl groups is 9. The molecule has 26 heteroatoms. The van der Waals surface area contributed by atoms with Crippen molar-refractivity contribution in [1.29, 1.82) is 0 Å². The van der Waals surface area contributed by atoms with Crippen LogP contribution in [0.2, 0.25) is 0 Å². The number of unbranched alkanes of at least 4 members (excludes halogenated alkanes) is 45. The molecule has 0 aromatic carbocycles. The molecule has 25 nitrogen and oxygen atoms in total. The van der Waals surface area contributed by atoms with E-state index in [-0.39, 0.29) is 25.7 Å². The molecule has 0 aromatic heterocycles. The Bertz CT molecular complexity index is 2480. The summed E-state index contributed by atoms with van der Waals surface area (Å²) >= 11 is 0. The quantitative estimate of drug-likeness (QED) is 0.00889. The predicted octanol–water partition coefficient (Wildman–Crippen LogP) is 16.2. The molecule has 10 N–H and O–H groups in total. The highest BCUT2D eigenvalue weighted by molar-refractivity contribution is 7.47. The van der Waals surface area contributed by atoms with E-state index in [2.05, 4.69) is 52.0 Å². The van der Waals surface area contributed by atoms with E-state index < -0.39 is 162 Å². The largest absolute Gasteiger partial charge is 0.472 e. The fourth-order valence-corrected chi connectivity index (χ4v) is 15.9. The monoisotopic (exact) mass is 1650 g/mol. The van der Waals surface area contributed by atoms with Gasteiger partial charge in [-0.2, -0.15) is 0 Å². The Morgan fingerprint density at radius 1 is 0.342 bits per heavy atom. The van der Waals surface area contributed by atoms with Gasteiger partial charge in [0.25, 0.3) is 0 Å². The van der Waals surface area contributed by atoms with E-state index >= 15 is 0 Å². The molecule has 1 aliphatic carbocycles. The second-order valence-electron chi connectivity index (χ2n) is 32.5. The third kappa shape index (κ3) is 47.8. The highest BCUT2D eigenvalue weighted by Crippen LogP contribution is 2.49. The van der Waals surface area contributed by atoms with Crippen LogP contribution in [0.15, 0.2) is 24.3 Å². The summed E-state index contributed by atoms with van der Waals surface area (Å²) in [4.78, 5) is 66.3. The average Bonchev–Trinajstić information content (AvgIpc) is 0.755. The summed E-state index contributed by atoms with van der Waals surface area (Å²) in [6.07, 6.45) is 26.3. The van der Waals surface area contributed by atoms with Crippen LogP contribution in [0.3, 0.4) is 0 Å². The van der Waals surface area contributed by atoms with E-state index in [0.29, 0.717) is 38.5 Å². The highest BCUT2D eigenvalue weighted by atomic mass is 31.2. The van der Waals surface area contributed by atoms with Gasteiger partial charge in [0.05, 0.1) is 13.2 Å². The molecule has 18 unspecified atom stereocenters. The second-order valence-corrected chi connectivity index (χ2v) is 33.9. The van der Waals surface area contributed by atoms with Crippen LogP contribution >= 0.6 is 7.82 Å². The van der Waals surface area contributed by atoms with Gasteiger partial charge in [-0.15, -0.1) is 0 Å². The van der Waals surface area contributed by atoms with Crippen LogP contribution in [0.5, 0.6) is 0 Å². The lowest BCUT2D eigenvalue weighted by molar-refractivity contribution is -0.360. The summed E-state index contributed by atoms with van der Waals surface area (Å²) < 4.78 is 73.2. The zero-order valence-electron chi connectivity index (χ0n) is 70.9. The zero-order chi connectivity index (χ0) is 83.2. The molecule has 2 saturated heterocycles. The number of phosphoric ester groups is 1. The van der Waals surface area contributed by atoms with Gasteiger partial charge in [-0.25, -0.2) is 4.57 Å². The Hall–Kier alpha value is -3.05. The molecule has 18 atom stereocenters. The fraction of sp³-hybridized carbons (Fsp3) is 0.909. The van der Waals surface area contributed by atoms with Crippen LogP contribution in [-0.4, -0.2) is 205 Å². The normalized spacial score (nSPS) is 25.5. The van der Waals surface area contributed by atoms with Gasteiger partial charge in [-0.05, 0) is 77.0 Å². The molecule has 668 valence electrons. The van der Waals surface area contributed by atoms with Crippen LogP contribution in [0.4, 0.5) is 0 Å². The van der Waals surface area contributed by atoms with Gasteiger partial charge in [-0.1, -0.05) is 302 Å². The molecule has 114 heavy (non-hydrogen) atoms. The van der Waals surface area contributed by atoms with Crippen LogP contribution < -0.4 is 0 Å². The molecule has 3 aliphatic rings. The Morgan fingerprint density at radius 3 is 1.05 bits per heavy atom. The molecular weight excluding hydrogens is 1490 g/mol. The number of carbonyl (C=O) groups is 4. The number of phosphoric acid groups is 1. The molecule has 3 fully saturated rings. The first-order chi connectivity index (χ1) is 55.2. The third-order valence-corrected chi connectivity index (χ3v) is 23.2. The minimum Gasteiger partial charge on any atom is -0.463 e. The number of aliphatic hydroxyl groups excluding tert-OH is 9. The maximum absolute atomic E-state index is 14.9. The number of carbonyl (C=O) groups excluding carboxylic acids is 4. The zero-order valence-corrected chi connectivity index (χ0v) is 71.8. The molecular formula is C88H161O25P. The number of hydrogen-bond acceptors (Lipinski definition) is 24. The summed E-state index contributed by atoms with van der Waals surface area (Å²) in [6, 6.07) is 0. The average molecular weight is 1650 g/mol. The van der Waals surface area contributed by atoms with Crippen molar-refractivity contribution < 1.29 is 122 Å². The topological polar surface area (TPSA) is 380 Å². The van der Waals surface area contributed by atoms with Crippen LogP contribution in [0.1, 0.15) is 381 Å². The van der Waals surface area contributed by atoms with E-state index in [4.69, 9.17) is 46.9 Å². The van der Waals surface area contributed by atoms with Crippen molar-refractivity contribution in [2.75, 3.05) is 26.4 Å². The van der Waals surface area contributed by atoms with Crippen molar-refractivity contribution in [3.63, 3.8) is 0 Å². The first kappa shape index (κ1) is 105. The van der Waals surface area contributed by atoms with Crippen molar-refractivity contribution in [3.05, 3.63) is 24.3 Å². The standard InChI is InChI=1S/C88H161O25P/c1-5-9-13-17-21-25-29-33-34-35-39-43-46-50-54-58-62-73(92)107-68(65-104-71(90)60-56-52-48-44-40-36-30-26-22-18-14-10-6-2)66-106-114(102,103)113-86-84(111-87-81(100)77(96)75(94)69(64-89)108-87)80(99)79(98)83(110-74(93)63-59-55-51-47-42-38-32-28-24-20-16-12-8-4)85(86)112-88-82(101)78(97)76(95)70(109-88)67-105-72(91)61-57-53-49-45-41-37-31-27-23-19-15-11-7-3/h36-37,40-41,68-70,75-89,94-101H,5-35,38-39,42-67H2,1-4H3,(H,102,103)/b40-36-,41-37-. The van der Waals surface area contributed by atoms with Gasteiger partial charge < -0.3 is 88.7 Å². The summed E-state index contributed by atoms with van der Waals surface area (Å²) in [7, 11) is -5.81. The smallest absolute Gasteiger partial charge is 0.463 e. The van der Waals surface area contributed by atoms with Crippen LogP contribution in [0.25, 0.3) is 0 Å². The summed E-state index contributed by atoms with van der Waals surface area (Å²) in [6.45, 7) is 5.54. The molecule has 0 amide bonds. The van der Waals surface area contributed by atoms with Gasteiger partial charge in [0, 0.05) is 25.7 Å². The van der Waals surface area contributed by atoms with Gasteiger partial charge in [0.2, 0.25) is 0 Å². The molecule has 0 spiro atoms. The fourth-order valence-electron chi connectivity index (χ4n) is 14.9. The molecule has 0 radical (unpaired) electrons. The molecule has 1 saturated carbocycles. The maximum atomic E-state index is 14.9. The summed E-state index contributed by atoms with van der Waals surface area (Å²) in [5.74, 6) is -3.00. The van der Waals surface area contributed by atoms with Crippen molar-refractivity contribution in [3.8, 4) is 0 Å². The first-order valence-electron chi connectivity index (χ1n) is 45.6. The Labute approximate surface area is 685 Å². The Morgan fingerprint density at radius 2 is 0.658 bits per heavy atom. The molecule has 2 heterocycles. The summed E-state index contributed by atoms with van der Waals surface area (Å²) in [5.41, 5.74) is 0. The van der Waals surface area contributed by atoms with E-state index in [1.165, 1.54) is 167 Å². The highest BCUT2D eigenvalue weighted by Gasteiger charge is 2.60. The van der Waals surface area contributed by atoms with E-state index in [1.807, 2.05) is 0 Å². The SMILES string of the molecule is CCCCCCCC/C=C\CCCCCC(=O)OCC(COP(=O)(O)OC1C(OC2OC(CO)C(O)C(O)C2O)C(O)C(O)C(OC(=O)CCCCCCCCCCCCCCC)C1OC1OC(COC(=O)CCCCC/C=C\CCCCCCCC)C(O)C(O)C1O)OC(=O)CCCCCCCCCCCCCCCCCC. The molecule has 0 bridgehead atoms. The van der Waals surface area contributed by atoms with E-state index in [0.717, 1.165) is 122 Å². The minimum absolute atomic E-state index is 0.00600. The van der Waals surface area contributed by atoms with Gasteiger partial charge in [-0.3, -0.25) is 28.2 Å². The lowest BCUT2D eigenvalue weighted by atomic mass is 9.84. The number of esters is 4. The number of rotatable bonds is 73. The second kappa shape index (κ2) is 67.6. The van der Waals surface area contributed by atoms with E-state index in [1.54, 1.807) is 0 Å². The Balaban J connectivity index is 1.93. The van der Waals surface area contributed by atoms with E-state index in [9.17, 15) is 74.6 Å². The van der Waals surface area contributed by atoms with Crippen molar-refractivity contribution in [2.24, 2.45) is 0 Å². The van der Waals surface area contributed by atoms with Crippen molar-refractivity contribution in [2.45, 2.75) is 485 Å². The number of allylic oxidation sites excluding steroid dienone is 4. The lowest BCUT2D eigenvalue weighted by Crippen LogP contribution is -2.70. The van der Waals surface area contributed by atoms with Crippen LogP contribution in [-0.2, 0) is 70.7 Å². The van der Waals surface area contributed by atoms with Gasteiger partial charge >= 0.3 is 31.7 Å². The maximum Gasteiger partial charge on any atom is 0.472 e. The van der Waals surface area contributed by atoms with Crippen LogP contribution in [0, 0.1) is 0 Å². The molecule has 3 rings (SSSR count). The number of ether oxygens (including phenoxy) is 8.